The third-order valence-corrected chi connectivity index (χ3v) is 3.99. The normalized spacial score (nSPS) is 11.0. The summed E-state index contributed by atoms with van der Waals surface area (Å²) in [5, 5.41) is 30.9. The lowest BCUT2D eigenvalue weighted by Gasteiger charge is -2.09. The van der Waals surface area contributed by atoms with Crippen LogP contribution in [0.3, 0.4) is 0 Å². The Morgan fingerprint density at radius 3 is 2.59 bits per heavy atom. The van der Waals surface area contributed by atoms with E-state index >= 15 is 0 Å². The molecule has 8 heteroatoms. The van der Waals surface area contributed by atoms with Gasteiger partial charge in [0.25, 0.3) is 5.69 Å². The highest BCUT2D eigenvalue weighted by molar-refractivity contribution is 6.04. The van der Waals surface area contributed by atoms with Crippen LogP contribution in [0.1, 0.15) is 15.9 Å². The number of methoxy groups -OCH3 is 1. The van der Waals surface area contributed by atoms with Gasteiger partial charge in [-0.15, -0.1) is 10.2 Å². The fourth-order valence-electron chi connectivity index (χ4n) is 2.65. The highest BCUT2D eigenvalue weighted by atomic mass is 16.6. The number of nitrogens with zero attached hydrogens (tertiary/aromatic N) is 3. The van der Waals surface area contributed by atoms with Crippen LogP contribution in [0.15, 0.2) is 58.8 Å². The first kappa shape index (κ1) is 18.0. The summed E-state index contributed by atoms with van der Waals surface area (Å²) in [6.07, 6.45) is 0. The molecule has 0 aliphatic carbocycles. The maximum absolute atomic E-state index is 11.9. The van der Waals surface area contributed by atoms with E-state index in [2.05, 4.69) is 15.0 Å². The van der Waals surface area contributed by atoms with Crippen molar-refractivity contribution in [3.63, 3.8) is 0 Å². The smallest absolute Gasteiger partial charge is 0.341 e. The summed E-state index contributed by atoms with van der Waals surface area (Å²) in [7, 11) is 1.20. The number of azo groups is 1. The van der Waals surface area contributed by atoms with Crippen molar-refractivity contribution in [2.24, 2.45) is 10.2 Å². The van der Waals surface area contributed by atoms with Crippen LogP contribution in [-0.2, 0) is 4.74 Å². The maximum Gasteiger partial charge on any atom is 0.341 e. The molecule has 0 saturated carbocycles. The lowest BCUT2D eigenvalue weighted by atomic mass is 10.0. The predicted octanol–water partition coefficient (Wildman–Crippen LogP) is 4.96. The molecular weight excluding hydrogens is 350 g/mol. The first-order chi connectivity index (χ1) is 12.9. The Morgan fingerprint density at radius 2 is 1.89 bits per heavy atom. The van der Waals surface area contributed by atoms with Crippen molar-refractivity contribution < 1.29 is 19.6 Å². The lowest BCUT2D eigenvalue weighted by Crippen LogP contribution is -2.01. The number of phenols is 1. The molecule has 3 aromatic carbocycles. The molecule has 1 N–H and O–H groups in total. The van der Waals surface area contributed by atoms with Crippen LogP contribution < -0.4 is 0 Å². The molecule has 8 nitrogen and oxygen atoms in total. The third-order valence-electron chi connectivity index (χ3n) is 3.99. The number of rotatable bonds is 4. The highest BCUT2D eigenvalue weighted by Crippen LogP contribution is 2.40. The van der Waals surface area contributed by atoms with Gasteiger partial charge in [0.2, 0.25) is 0 Å². The molecule has 0 bridgehead atoms. The first-order valence-corrected chi connectivity index (χ1v) is 7.92. The van der Waals surface area contributed by atoms with Crippen molar-refractivity contribution >= 4 is 33.8 Å². The maximum atomic E-state index is 11.9. The number of aryl methyl sites for hydroxylation is 1. The number of nitro groups is 1. The minimum absolute atomic E-state index is 0.0309. The van der Waals surface area contributed by atoms with Crippen LogP contribution in [0.5, 0.6) is 5.75 Å². The van der Waals surface area contributed by atoms with Crippen molar-refractivity contribution in [3.8, 4) is 5.75 Å². The summed E-state index contributed by atoms with van der Waals surface area (Å²) in [6.45, 7) is 1.73. The van der Waals surface area contributed by atoms with Crippen molar-refractivity contribution in [1.82, 2.24) is 0 Å². The standard InChI is InChI=1S/C19H15N3O5/c1-11-7-8-15(16(9-11)22(25)26)20-21-17-13-6-4-3-5-12(13)10-14(18(17)23)19(24)27-2/h3-10,23H,1-2H3. The number of nitro benzene ring substituents is 1. The Balaban J connectivity index is 2.20. The van der Waals surface area contributed by atoms with Gasteiger partial charge in [0, 0.05) is 11.5 Å². The molecule has 0 spiro atoms. The van der Waals surface area contributed by atoms with E-state index < -0.39 is 16.6 Å². The molecule has 0 aromatic heterocycles. The molecule has 3 aromatic rings. The molecule has 136 valence electrons. The fourth-order valence-corrected chi connectivity index (χ4v) is 2.65. The molecule has 0 atom stereocenters. The van der Waals surface area contributed by atoms with Gasteiger partial charge in [-0.3, -0.25) is 10.1 Å². The van der Waals surface area contributed by atoms with E-state index in [-0.39, 0.29) is 22.6 Å². The minimum Gasteiger partial charge on any atom is -0.505 e. The van der Waals surface area contributed by atoms with Gasteiger partial charge in [-0.1, -0.05) is 30.3 Å². The number of hydrogen-bond acceptors (Lipinski definition) is 7. The minimum atomic E-state index is -0.726. The molecule has 3 rings (SSSR count). The quantitative estimate of drug-likeness (QED) is 0.303. The number of hydrogen-bond donors (Lipinski definition) is 1. The average Bonchev–Trinajstić information content (AvgIpc) is 2.67. The van der Waals surface area contributed by atoms with Crippen molar-refractivity contribution in [2.75, 3.05) is 7.11 Å². The zero-order chi connectivity index (χ0) is 19.6. The number of fused-ring (bicyclic) bond motifs is 1. The zero-order valence-corrected chi connectivity index (χ0v) is 14.5. The molecule has 0 saturated heterocycles. The highest BCUT2D eigenvalue weighted by Gasteiger charge is 2.19. The lowest BCUT2D eigenvalue weighted by molar-refractivity contribution is -0.384. The summed E-state index contributed by atoms with van der Waals surface area (Å²) < 4.78 is 4.69. The topological polar surface area (TPSA) is 114 Å². The van der Waals surface area contributed by atoms with Gasteiger partial charge < -0.3 is 9.84 Å². The van der Waals surface area contributed by atoms with E-state index in [9.17, 15) is 20.0 Å². The predicted molar refractivity (Wildman–Crippen MR) is 99.0 cm³/mol. The number of aromatic hydroxyl groups is 1. The number of ether oxygens (including phenoxy) is 1. The number of esters is 1. The van der Waals surface area contributed by atoms with Gasteiger partial charge in [-0.2, -0.15) is 0 Å². The molecule has 0 amide bonds. The van der Waals surface area contributed by atoms with E-state index in [4.69, 9.17) is 0 Å². The van der Waals surface area contributed by atoms with E-state index in [1.807, 2.05) is 0 Å². The van der Waals surface area contributed by atoms with Crippen molar-refractivity contribution in [1.29, 1.82) is 0 Å². The van der Waals surface area contributed by atoms with Crippen LogP contribution in [0.25, 0.3) is 10.8 Å². The first-order valence-electron chi connectivity index (χ1n) is 7.92. The third kappa shape index (κ3) is 3.45. The fraction of sp³-hybridized carbons (Fsp3) is 0.105. The largest absolute Gasteiger partial charge is 0.505 e. The molecule has 0 heterocycles. The van der Waals surface area contributed by atoms with Crippen LogP contribution in [0, 0.1) is 17.0 Å². The summed E-state index contributed by atoms with van der Waals surface area (Å²) >= 11 is 0. The van der Waals surface area contributed by atoms with Gasteiger partial charge in [0.05, 0.1) is 12.0 Å². The van der Waals surface area contributed by atoms with E-state index in [0.717, 1.165) is 0 Å². The Kier molecular flexibility index (Phi) is 4.80. The van der Waals surface area contributed by atoms with Crippen LogP contribution in [0.4, 0.5) is 17.1 Å². The number of benzene rings is 3. The van der Waals surface area contributed by atoms with Crippen LogP contribution in [-0.4, -0.2) is 23.1 Å². The zero-order valence-electron chi connectivity index (χ0n) is 14.5. The van der Waals surface area contributed by atoms with Crippen LogP contribution in [0.2, 0.25) is 0 Å². The Bertz CT molecular complexity index is 1090. The number of phenolic OH excluding ortho intramolecular Hbond substituents is 1. The molecule has 0 unspecified atom stereocenters. The van der Waals surface area contributed by atoms with Gasteiger partial charge >= 0.3 is 5.97 Å². The molecule has 0 aliphatic rings. The number of carbonyl (C=O) groups excluding carboxylic acids is 1. The van der Waals surface area contributed by atoms with E-state index in [0.29, 0.717) is 16.3 Å². The molecule has 0 aliphatic heterocycles. The van der Waals surface area contributed by atoms with Gasteiger partial charge in [0.15, 0.2) is 11.4 Å². The Morgan fingerprint density at radius 1 is 1.15 bits per heavy atom. The Labute approximate surface area is 153 Å². The van der Waals surface area contributed by atoms with Crippen molar-refractivity contribution in [2.45, 2.75) is 6.92 Å². The van der Waals surface area contributed by atoms with Crippen LogP contribution >= 0.6 is 0 Å². The van der Waals surface area contributed by atoms with Gasteiger partial charge in [-0.25, -0.2) is 4.79 Å². The molecule has 0 fully saturated rings. The second-order valence-corrected chi connectivity index (χ2v) is 5.78. The SMILES string of the molecule is COC(=O)c1cc2ccccc2c(N=Nc2ccc(C)cc2[N+](=O)[O-])c1O. The van der Waals surface area contributed by atoms with Gasteiger partial charge in [-0.05, 0) is 30.0 Å². The molecule has 0 radical (unpaired) electrons. The molecular formula is C19H15N3O5. The summed E-state index contributed by atoms with van der Waals surface area (Å²) in [5.41, 5.74) is 0.512. The average molecular weight is 365 g/mol. The monoisotopic (exact) mass is 365 g/mol. The summed E-state index contributed by atoms with van der Waals surface area (Å²) in [6, 6.07) is 13.0. The second-order valence-electron chi connectivity index (χ2n) is 5.78. The molecule has 27 heavy (non-hydrogen) atoms. The van der Waals surface area contributed by atoms with Crippen molar-refractivity contribution in [3.05, 3.63) is 69.8 Å². The number of carbonyl (C=O) groups is 1. The van der Waals surface area contributed by atoms with Gasteiger partial charge in [0.1, 0.15) is 11.3 Å². The summed E-state index contributed by atoms with van der Waals surface area (Å²) in [5.74, 6) is -1.13. The Hall–Kier alpha value is -3.81. The van der Waals surface area contributed by atoms with E-state index in [1.54, 1.807) is 37.3 Å². The summed E-state index contributed by atoms with van der Waals surface area (Å²) in [4.78, 5) is 22.6. The van der Waals surface area contributed by atoms with E-state index in [1.165, 1.54) is 25.3 Å². The second kappa shape index (κ2) is 7.20.